The zero-order chi connectivity index (χ0) is 34.7. The maximum absolute atomic E-state index is 10.2. The van der Waals surface area contributed by atoms with Gasteiger partial charge in [-0.15, -0.1) is 0 Å². The first-order chi connectivity index (χ1) is 22.0. The topological polar surface area (TPSA) is 86.5 Å². The molecule has 0 radical (unpaired) electrons. The van der Waals surface area contributed by atoms with Crippen molar-refractivity contribution >= 4 is 21.8 Å². The Kier molecular flexibility index (Phi) is 10.3. The molecule has 244 valence electrons. The highest BCUT2D eigenvalue weighted by Gasteiger charge is 2.21. The summed E-state index contributed by atoms with van der Waals surface area (Å²) in [5.41, 5.74) is 10.3. The predicted molar refractivity (Wildman–Crippen MR) is 197 cm³/mol. The van der Waals surface area contributed by atoms with E-state index < -0.39 is 0 Å². The molecule has 6 rings (SSSR count). The maximum atomic E-state index is 10.2. The van der Waals surface area contributed by atoms with Crippen molar-refractivity contribution in [2.24, 2.45) is 0 Å². The number of para-hydroxylation sites is 3. The van der Waals surface area contributed by atoms with Gasteiger partial charge >= 0.3 is 0 Å². The van der Waals surface area contributed by atoms with Gasteiger partial charge in [0, 0.05) is 27.7 Å². The van der Waals surface area contributed by atoms with E-state index in [4.69, 9.17) is 0 Å². The molecule has 0 spiro atoms. The Morgan fingerprint density at radius 1 is 0.468 bits per heavy atom. The third-order valence-electron chi connectivity index (χ3n) is 8.19. The highest BCUT2D eigenvalue weighted by molar-refractivity contribution is 5.87. The first-order valence-electron chi connectivity index (χ1n) is 16.0. The Morgan fingerprint density at radius 2 is 0.872 bits per heavy atom. The number of fused-ring (bicyclic) bond motifs is 2. The predicted octanol–water partition coefficient (Wildman–Crippen LogP) is 10.8. The summed E-state index contributed by atoms with van der Waals surface area (Å²) in [6, 6.07) is 29.2. The van der Waals surface area contributed by atoms with Crippen LogP contribution in [0.5, 0.6) is 17.2 Å². The Bertz CT molecular complexity index is 1910. The standard InChI is InChI=1S/C20H26O.2C11H11NO/c1-19(2,3)15-11-14(12-16(13-15)20(4,5)6)17-9-7-8-10-18(17)21;2*1-7-6-8(2)12-11-9(7)4-3-5-10(11)13/h7-13,21H,1-6H3;2*3-6,13H,1-2H3. The molecule has 5 nitrogen and oxygen atoms in total. The number of aromatic hydroxyl groups is 3. The van der Waals surface area contributed by atoms with Gasteiger partial charge in [0.15, 0.2) is 0 Å². The first kappa shape index (κ1) is 35.0. The van der Waals surface area contributed by atoms with Crippen LogP contribution in [0.2, 0.25) is 0 Å². The molecule has 0 saturated carbocycles. The lowest BCUT2D eigenvalue weighted by molar-refractivity contribution is 0.477. The molecule has 0 fully saturated rings. The second-order valence-corrected chi connectivity index (χ2v) is 14.3. The summed E-state index contributed by atoms with van der Waals surface area (Å²) in [4.78, 5) is 8.57. The molecule has 0 aliphatic rings. The number of phenols is 3. The minimum Gasteiger partial charge on any atom is -0.507 e. The molecule has 4 aromatic carbocycles. The molecular formula is C42H48N2O3. The molecule has 6 aromatic rings. The van der Waals surface area contributed by atoms with Crippen LogP contribution in [0.25, 0.3) is 32.9 Å². The summed E-state index contributed by atoms with van der Waals surface area (Å²) < 4.78 is 0. The van der Waals surface area contributed by atoms with Crippen molar-refractivity contribution in [1.29, 1.82) is 0 Å². The van der Waals surface area contributed by atoms with Crippen LogP contribution in [0.4, 0.5) is 0 Å². The number of rotatable bonds is 1. The number of pyridine rings is 2. The summed E-state index contributed by atoms with van der Waals surface area (Å²) in [5.74, 6) is 0.844. The number of hydrogen-bond acceptors (Lipinski definition) is 5. The Balaban J connectivity index is 0.000000167. The lowest BCUT2D eigenvalue weighted by atomic mass is 9.79. The van der Waals surface area contributed by atoms with E-state index in [2.05, 4.69) is 69.7 Å². The molecule has 0 aliphatic heterocycles. The van der Waals surface area contributed by atoms with Gasteiger partial charge in [-0.05, 0) is 96.7 Å². The first-order valence-corrected chi connectivity index (χ1v) is 16.0. The third-order valence-corrected chi connectivity index (χ3v) is 8.19. The quantitative estimate of drug-likeness (QED) is 0.169. The van der Waals surface area contributed by atoms with Crippen molar-refractivity contribution in [3.8, 4) is 28.4 Å². The molecule has 3 N–H and O–H groups in total. The largest absolute Gasteiger partial charge is 0.507 e. The molecule has 0 atom stereocenters. The highest BCUT2D eigenvalue weighted by atomic mass is 16.3. The summed E-state index contributed by atoms with van der Waals surface area (Å²) in [5, 5.41) is 31.3. The molecule has 0 unspecified atom stereocenters. The van der Waals surface area contributed by atoms with Crippen LogP contribution in [-0.2, 0) is 10.8 Å². The van der Waals surface area contributed by atoms with Crippen molar-refractivity contribution in [2.75, 3.05) is 0 Å². The lowest BCUT2D eigenvalue weighted by Crippen LogP contribution is -2.16. The average molecular weight is 629 g/mol. The summed E-state index contributed by atoms with van der Waals surface area (Å²) >= 11 is 0. The molecule has 2 heterocycles. The van der Waals surface area contributed by atoms with E-state index in [-0.39, 0.29) is 22.3 Å². The molecule has 47 heavy (non-hydrogen) atoms. The van der Waals surface area contributed by atoms with E-state index in [1.54, 1.807) is 18.2 Å². The molecular weight excluding hydrogens is 580 g/mol. The van der Waals surface area contributed by atoms with Gasteiger partial charge in [0.1, 0.15) is 28.3 Å². The normalized spacial score (nSPS) is 11.4. The fourth-order valence-corrected chi connectivity index (χ4v) is 5.50. The van der Waals surface area contributed by atoms with Crippen molar-refractivity contribution in [2.45, 2.75) is 80.1 Å². The summed E-state index contributed by atoms with van der Waals surface area (Å²) in [6.45, 7) is 21.3. The SMILES string of the molecule is CC(C)(C)c1cc(-c2ccccc2O)cc(C(C)(C)C)c1.Cc1cc(C)c2cccc(O)c2n1.Cc1cc(C)c2cccc(O)c2n1. The van der Waals surface area contributed by atoms with Crippen LogP contribution in [0.3, 0.4) is 0 Å². The van der Waals surface area contributed by atoms with E-state index >= 15 is 0 Å². The van der Waals surface area contributed by atoms with E-state index in [0.29, 0.717) is 16.8 Å². The lowest BCUT2D eigenvalue weighted by Gasteiger charge is -2.26. The van der Waals surface area contributed by atoms with Crippen molar-refractivity contribution < 1.29 is 15.3 Å². The molecule has 0 amide bonds. The van der Waals surface area contributed by atoms with Crippen molar-refractivity contribution in [1.82, 2.24) is 9.97 Å². The van der Waals surface area contributed by atoms with Gasteiger partial charge in [0.25, 0.3) is 0 Å². The summed E-state index contributed by atoms with van der Waals surface area (Å²) in [7, 11) is 0. The van der Waals surface area contributed by atoms with Crippen LogP contribution in [0.1, 0.15) is 75.2 Å². The zero-order valence-corrected chi connectivity index (χ0v) is 29.4. The molecule has 0 aliphatic carbocycles. The fourth-order valence-electron chi connectivity index (χ4n) is 5.50. The van der Waals surface area contributed by atoms with Crippen LogP contribution < -0.4 is 0 Å². The highest BCUT2D eigenvalue weighted by Crippen LogP contribution is 2.36. The van der Waals surface area contributed by atoms with E-state index in [1.807, 2.05) is 82.3 Å². The van der Waals surface area contributed by atoms with Crippen molar-refractivity contribution in [3.63, 3.8) is 0 Å². The molecule has 0 saturated heterocycles. The van der Waals surface area contributed by atoms with Gasteiger partial charge < -0.3 is 15.3 Å². The number of aryl methyl sites for hydroxylation is 4. The third kappa shape index (κ3) is 8.48. The van der Waals surface area contributed by atoms with Gasteiger partial charge in [-0.2, -0.15) is 0 Å². The molecule has 5 heteroatoms. The van der Waals surface area contributed by atoms with Gasteiger partial charge in [0.2, 0.25) is 0 Å². The number of benzene rings is 4. The fraction of sp³-hybridized carbons (Fsp3) is 0.286. The van der Waals surface area contributed by atoms with Crippen LogP contribution >= 0.6 is 0 Å². The zero-order valence-electron chi connectivity index (χ0n) is 29.4. The maximum Gasteiger partial charge on any atom is 0.141 e. The van der Waals surface area contributed by atoms with E-state index in [9.17, 15) is 15.3 Å². The van der Waals surface area contributed by atoms with Gasteiger partial charge in [-0.25, -0.2) is 9.97 Å². The van der Waals surface area contributed by atoms with Gasteiger partial charge in [-0.3, -0.25) is 0 Å². The van der Waals surface area contributed by atoms with Gasteiger partial charge in [0.05, 0.1) is 0 Å². The number of aromatic nitrogens is 2. The second-order valence-electron chi connectivity index (χ2n) is 14.3. The Morgan fingerprint density at radius 3 is 1.28 bits per heavy atom. The number of nitrogens with zero attached hydrogens (tertiary/aromatic N) is 2. The minimum atomic E-state index is 0.0837. The van der Waals surface area contributed by atoms with E-state index in [1.165, 1.54) is 11.1 Å². The number of phenolic OH excluding ortho intramolecular Hbond substituents is 3. The Hall–Kier alpha value is -4.90. The van der Waals surface area contributed by atoms with Crippen LogP contribution in [0.15, 0.2) is 91.0 Å². The molecule has 0 bridgehead atoms. The minimum absolute atomic E-state index is 0.0837. The van der Waals surface area contributed by atoms with Crippen LogP contribution in [0, 0.1) is 27.7 Å². The smallest absolute Gasteiger partial charge is 0.141 e. The molecule has 2 aromatic heterocycles. The summed E-state index contributed by atoms with van der Waals surface area (Å²) in [6.07, 6.45) is 0. The monoisotopic (exact) mass is 628 g/mol. The van der Waals surface area contributed by atoms with Gasteiger partial charge in [-0.1, -0.05) is 102 Å². The van der Waals surface area contributed by atoms with Crippen molar-refractivity contribution in [3.05, 3.63) is 125 Å². The van der Waals surface area contributed by atoms with E-state index in [0.717, 1.165) is 44.4 Å². The average Bonchev–Trinajstić information content (AvgIpc) is 2.98. The number of hydrogen-bond donors (Lipinski definition) is 3. The van der Waals surface area contributed by atoms with Crippen LogP contribution in [-0.4, -0.2) is 25.3 Å². The Labute approximate surface area is 279 Å². The second kappa shape index (κ2) is 13.8.